The number of nitrogens with two attached hydrogens (primary N) is 1. The standard InChI is InChI=1S/C7H17N2O3P/c1-3-6(2)13(11,12)5-4-7(8)9-10/h6,10H,3-5H2,1-2H3,(H2,8,9)(H,11,12). The van der Waals surface area contributed by atoms with Gasteiger partial charge < -0.3 is 15.8 Å². The predicted octanol–water partition coefficient (Wildman–Crippen LogP) is 1.19. The van der Waals surface area contributed by atoms with Crippen molar-refractivity contribution in [1.82, 2.24) is 0 Å². The minimum absolute atomic E-state index is 0.00224. The fourth-order valence-electron chi connectivity index (χ4n) is 0.830. The van der Waals surface area contributed by atoms with Gasteiger partial charge in [-0.05, 0) is 6.42 Å². The molecule has 78 valence electrons. The molecule has 0 bridgehead atoms. The first-order valence-electron chi connectivity index (χ1n) is 4.22. The highest BCUT2D eigenvalue weighted by Gasteiger charge is 2.25. The maximum absolute atomic E-state index is 11.5. The molecule has 0 aliphatic carbocycles. The molecule has 0 fully saturated rings. The lowest BCUT2D eigenvalue weighted by Gasteiger charge is -2.16. The van der Waals surface area contributed by atoms with Gasteiger partial charge in [0.15, 0.2) is 0 Å². The maximum Gasteiger partial charge on any atom is 0.203 e. The Balaban J connectivity index is 4.11. The Hall–Kier alpha value is -0.540. The molecule has 5 nitrogen and oxygen atoms in total. The Morgan fingerprint density at radius 3 is 2.62 bits per heavy atom. The summed E-state index contributed by atoms with van der Waals surface area (Å²) in [5.41, 5.74) is 4.97. The average Bonchev–Trinajstić information content (AvgIpc) is 2.12. The highest BCUT2D eigenvalue weighted by atomic mass is 31.2. The predicted molar refractivity (Wildman–Crippen MR) is 52.5 cm³/mol. The molecule has 2 atom stereocenters. The largest absolute Gasteiger partial charge is 0.409 e. The van der Waals surface area contributed by atoms with Crippen molar-refractivity contribution in [2.45, 2.75) is 32.3 Å². The van der Waals surface area contributed by atoms with Crippen LogP contribution in [0.25, 0.3) is 0 Å². The van der Waals surface area contributed by atoms with Crippen LogP contribution in [0.4, 0.5) is 0 Å². The third kappa shape index (κ3) is 4.29. The summed E-state index contributed by atoms with van der Waals surface area (Å²) in [6, 6.07) is 0. The van der Waals surface area contributed by atoms with Gasteiger partial charge in [0, 0.05) is 18.2 Å². The lowest BCUT2D eigenvalue weighted by molar-refractivity contribution is 0.317. The molecule has 0 aromatic rings. The molecule has 0 aliphatic heterocycles. The van der Waals surface area contributed by atoms with Gasteiger partial charge in [-0.2, -0.15) is 0 Å². The maximum atomic E-state index is 11.5. The van der Waals surface area contributed by atoms with Gasteiger partial charge in [0.1, 0.15) is 5.84 Å². The summed E-state index contributed by atoms with van der Waals surface area (Å²) in [4.78, 5) is 9.49. The first kappa shape index (κ1) is 12.5. The van der Waals surface area contributed by atoms with Crippen LogP contribution in [0.3, 0.4) is 0 Å². The van der Waals surface area contributed by atoms with E-state index in [0.29, 0.717) is 6.42 Å². The quantitative estimate of drug-likeness (QED) is 0.208. The second-order valence-electron chi connectivity index (χ2n) is 3.08. The summed E-state index contributed by atoms with van der Waals surface area (Å²) in [7, 11) is -3.12. The number of hydrogen-bond acceptors (Lipinski definition) is 3. The van der Waals surface area contributed by atoms with Gasteiger partial charge in [0.05, 0.1) is 0 Å². The van der Waals surface area contributed by atoms with E-state index in [-0.39, 0.29) is 24.1 Å². The van der Waals surface area contributed by atoms with Crippen LogP contribution in [0.1, 0.15) is 26.7 Å². The van der Waals surface area contributed by atoms with E-state index in [1.165, 1.54) is 0 Å². The van der Waals surface area contributed by atoms with Crippen LogP contribution in [0.2, 0.25) is 0 Å². The first-order chi connectivity index (χ1) is 5.94. The van der Waals surface area contributed by atoms with Crippen LogP contribution < -0.4 is 5.73 Å². The van der Waals surface area contributed by atoms with Crippen LogP contribution in [0.15, 0.2) is 5.16 Å². The normalized spacial score (nSPS) is 19.5. The molecule has 0 aromatic heterocycles. The molecule has 0 aliphatic rings. The summed E-state index contributed by atoms with van der Waals surface area (Å²) >= 11 is 0. The Morgan fingerprint density at radius 2 is 2.23 bits per heavy atom. The number of rotatable bonds is 5. The fourth-order valence-corrected chi connectivity index (χ4v) is 2.39. The SMILES string of the molecule is CCC(C)P(=O)(O)CCC(N)=NO. The molecule has 13 heavy (non-hydrogen) atoms. The van der Waals surface area contributed by atoms with Gasteiger partial charge in [0.2, 0.25) is 7.37 Å². The van der Waals surface area contributed by atoms with Gasteiger partial charge in [0.25, 0.3) is 0 Å². The van der Waals surface area contributed by atoms with Crippen LogP contribution in [0, 0.1) is 0 Å². The number of nitrogens with zero attached hydrogens (tertiary/aromatic N) is 1. The highest BCUT2D eigenvalue weighted by molar-refractivity contribution is 7.58. The zero-order chi connectivity index (χ0) is 10.5. The Labute approximate surface area is 78.1 Å². The summed E-state index contributed by atoms with van der Waals surface area (Å²) in [5.74, 6) is -0.00224. The summed E-state index contributed by atoms with van der Waals surface area (Å²) in [6.45, 7) is 3.59. The molecule has 0 rings (SSSR count). The molecule has 0 heterocycles. The number of hydrogen-bond donors (Lipinski definition) is 3. The lowest BCUT2D eigenvalue weighted by atomic mass is 10.4. The zero-order valence-corrected chi connectivity index (χ0v) is 8.87. The van der Waals surface area contributed by atoms with Crippen molar-refractivity contribution < 1.29 is 14.7 Å². The monoisotopic (exact) mass is 208 g/mol. The molecule has 4 N–H and O–H groups in total. The fraction of sp³-hybridized carbons (Fsp3) is 0.857. The minimum Gasteiger partial charge on any atom is -0.409 e. The smallest absolute Gasteiger partial charge is 0.203 e. The highest BCUT2D eigenvalue weighted by Crippen LogP contribution is 2.47. The van der Waals surface area contributed by atoms with E-state index in [0.717, 1.165) is 0 Å². The van der Waals surface area contributed by atoms with Crippen molar-refractivity contribution >= 4 is 13.2 Å². The molecule has 0 saturated heterocycles. The number of oxime groups is 1. The van der Waals surface area contributed by atoms with Crippen molar-refractivity contribution in [2.75, 3.05) is 6.16 Å². The summed E-state index contributed by atoms with van der Waals surface area (Å²) in [6.07, 6.45) is 0.899. The van der Waals surface area contributed by atoms with Crippen molar-refractivity contribution in [3.63, 3.8) is 0 Å². The number of amidine groups is 1. The van der Waals surface area contributed by atoms with Gasteiger partial charge >= 0.3 is 0 Å². The van der Waals surface area contributed by atoms with Crippen LogP contribution in [0.5, 0.6) is 0 Å². The second kappa shape index (κ2) is 5.25. The minimum atomic E-state index is -3.12. The third-order valence-corrected chi connectivity index (χ3v) is 4.70. The molecule has 0 radical (unpaired) electrons. The molecule has 0 spiro atoms. The molecule has 0 saturated carbocycles. The topological polar surface area (TPSA) is 95.9 Å². The van der Waals surface area contributed by atoms with Crippen LogP contribution in [-0.4, -0.2) is 27.8 Å². The summed E-state index contributed by atoms with van der Waals surface area (Å²) < 4.78 is 11.5. The van der Waals surface area contributed by atoms with Crippen molar-refractivity contribution in [2.24, 2.45) is 10.9 Å². The van der Waals surface area contributed by atoms with Crippen LogP contribution >= 0.6 is 7.37 Å². The molecular formula is C7H17N2O3P. The van der Waals surface area contributed by atoms with Gasteiger partial charge in [-0.3, -0.25) is 4.57 Å². The van der Waals surface area contributed by atoms with E-state index in [4.69, 9.17) is 10.9 Å². The van der Waals surface area contributed by atoms with Crippen molar-refractivity contribution in [3.05, 3.63) is 0 Å². The van der Waals surface area contributed by atoms with Gasteiger partial charge in [-0.25, -0.2) is 0 Å². The van der Waals surface area contributed by atoms with Gasteiger partial charge in [-0.15, -0.1) is 0 Å². The average molecular weight is 208 g/mol. The van der Waals surface area contributed by atoms with E-state index < -0.39 is 7.37 Å². The zero-order valence-electron chi connectivity index (χ0n) is 7.97. The van der Waals surface area contributed by atoms with Crippen LogP contribution in [-0.2, 0) is 4.57 Å². The Kier molecular flexibility index (Phi) is 5.03. The first-order valence-corrected chi connectivity index (χ1v) is 6.13. The second-order valence-corrected chi connectivity index (χ2v) is 5.92. The molecular weight excluding hydrogens is 191 g/mol. The van der Waals surface area contributed by atoms with E-state index in [1.54, 1.807) is 6.92 Å². The summed E-state index contributed by atoms with van der Waals surface area (Å²) in [5, 5.41) is 11.0. The molecule has 6 heteroatoms. The lowest BCUT2D eigenvalue weighted by Crippen LogP contribution is -2.15. The molecule has 0 aromatic carbocycles. The molecule has 2 unspecified atom stereocenters. The van der Waals surface area contributed by atoms with Gasteiger partial charge in [-0.1, -0.05) is 19.0 Å². The molecule has 0 amide bonds. The Morgan fingerprint density at radius 1 is 1.69 bits per heavy atom. The van der Waals surface area contributed by atoms with E-state index in [2.05, 4.69) is 5.16 Å². The van der Waals surface area contributed by atoms with E-state index >= 15 is 0 Å². The van der Waals surface area contributed by atoms with Crippen molar-refractivity contribution in [1.29, 1.82) is 0 Å². The third-order valence-electron chi connectivity index (χ3n) is 2.10. The van der Waals surface area contributed by atoms with E-state index in [9.17, 15) is 9.46 Å². The van der Waals surface area contributed by atoms with Crippen molar-refractivity contribution in [3.8, 4) is 0 Å². The van der Waals surface area contributed by atoms with E-state index in [1.807, 2.05) is 6.92 Å². The Bertz CT molecular complexity index is 230.